The molecule has 6 nitrogen and oxygen atoms in total. The molecule has 0 heterocycles. The highest BCUT2D eigenvalue weighted by molar-refractivity contribution is 7.89. The van der Waals surface area contributed by atoms with Crippen LogP contribution in [0.3, 0.4) is 0 Å². The van der Waals surface area contributed by atoms with Gasteiger partial charge in [-0.3, -0.25) is 0 Å². The highest BCUT2D eigenvalue weighted by Gasteiger charge is 2.32. The largest absolute Gasteiger partial charge is 0.478 e. The first-order valence-electron chi connectivity index (χ1n) is 11.1. The Labute approximate surface area is 211 Å². The van der Waals surface area contributed by atoms with Crippen LogP contribution in [0, 0.1) is 0 Å². The van der Waals surface area contributed by atoms with Crippen molar-refractivity contribution in [3.05, 3.63) is 108 Å². The number of carboxylic acids is 1. The van der Waals surface area contributed by atoms with E-state index in [0.29, 0.717) is 5.56 Å². The highest BCUT2D eigenvalue weighted by Crippen LogP contribution is 2.32. The van der Waals surface area contributed by atoms with Crippen LogP contribution < -0.4 is 4.74 Å². The average Bonchev–Trinajstić information content (AvgIpc) is 2.87. The topological polar surface area (TPSA) is 83.9 Å². The predicted molar refractivity (Wildman–Crippen MR) is 131 cm³/mol. The summed E-state index contributed by atoms with van der Waals surface area (Å²) < 4.78 is 71.9. The molecular weight excluding hydrogens is 507 g/mol. The van der Waals surface area contributed by atoms with Crippen molar-refractivity contribution in [3.8, 4) is 5.75 Å². The molecule has 0 radical (unpaired) electrons. The molecule has 1 unspecified atom stereocenters. The molecule has 0 saturated heterocycles. The third kappa shape index (κ3) is 5.92. The monoisotopic (exact) mass is 529 g/mol. The molecule has 0 aliphatic heterocycles. The van der Waals surface area contributed by atoms with Crippen LogP contribution in [-0.2, 0) is 27.5 Å². The van der Waals surface area contributed by atoms with Crippen molar-refractivity contribution in [2.75, 3.05) is 7.05 Å². The van der Waals surface area contributed by atoms with Gasteiger partial charge in [0.05, 0.1) is 10.5 Å². The van der Waals surface area contributed by atoms with E-state index in [1.165, 1.54) is 29.6 Å². The lowest BCUT2D eigenvalue weighted by atomic mass is 10.1. The fraction of sp³-hybridized carbons (Fsp3) is 0.148. The number of hydrogen-bond donors (Lipinski definition) is 1. The predicted octanol–water partition coefficient (Wildman–Crippen LogP) is 5.88. The number of alkyl halides is 3. The van der Waals surface area contributed by atoms with Gasteiger partial charge in [0.15, 0.2) is 0 Å². The summed E-state index contributed by atoms with van der Waals surface area (Å²) in [5.41, 5.74) is -0.538. The number of sulfonamides is 1. The molecule has 4 aromatic carbocycles. The quantitative estimate of drug-likeness (QED) is 0.308. The minimum Gasteiger partial charge on any atom is -0.478 e. The molecule has 4 rings (SSSR count). The lowest BCUT2D eigenvalue weighted by Crippen LogP contribution is -2.26. The molecule has 0 aromatic heterocycles. The van der Waals surface area contributed by atoms with Gasteiger partial charge in [-0.05, 0) is 52.7 Å². The minimum atomic E-state index is -4.63. The number of carboxylic acid groups (broad SMARTS) is 1. The molecule has 0 bridgehead atoms. The number of rotatable bonds is 8. The molecule has 0 saturated carbocycles. The van der Waals surface area contributed by atoms with Crippen molar-refractivity contribution < 1.29 is 36.2 Å². The van der Waals surface area contributed by atoms with E-state index in [1.54, 1.807) is 30.3 Å². The number of aliphatic carboxylic acids is 1. The Kier molecular flexibility index (Phi) is 7.24. The van der Waals surface area contributed by atoms with E-state index in [0.717, 1.165) is 29.0 Å². The van der Waals surface area contributed by atoms with Gasteiger partial charge in [-0.1, -0.05) is 54.6 Å². The third-order valence-corrected chi connectivity index (χ3v) is 7.55. The number of halogens is 3. The van der Waals surface area contributed by atoms with Gasteiger partial charge < -0.3 is 9.84 Å². The lowest BCUT2D eigenvalue weighted by Gasteiger charge is -2.19. The fourth-order valence-corrected chi connectivity index (χ4v) is 4.99. The van der Waals surface area contributed by atoms with Gasteiger partial charge in [0.2, 0.25) is 16.1 Å². The van der Waals surface area contributed by atoms with Gasteiger partial charge >= 0.3 is 12.1 Å². The van der Waals surface area contributed by atoms with Gasteiger partial charge in [-0.15, -0.1) is 0 Å². The number of benzene rings is 4. The van der Waals surface area contributed by atoms with Crippen molar-refractivity contribution in [2.24, 2.45) is 0 Å². The first kappa shape index (κ1) is 26.2. The zero-order valence-electron chi connectivity index (χ0n) is 19.5. The molecule has 0 amide bonds. The maximum absolute atomic E-state index is 13.1. The number of ether oxygens (including phenoxy) is 1. The van der Waals surface area contributed by atoms with Crippen molar-refractivity contribution in [1.29, 1.82) is 0 Å². The van der Waals surface area contributed by atoms with Crippen LogP contribution in [-0.4, -0.2) is 30.8 Å². The second kappa shape index (κ2) is 10.2. The Balaban J connectivity index is 1.49. The Hall–Kier alpha value is -3.89. The van der Waals surface area contributed by atoms with Crippen LogP contribution in [0.1, 0.15) is 22.8 Å². The SMILES string of the molecule is CN(Cc1ccc(OC(C(=O)O)c2cccc(C(F)(F)F)c2)cc1)S(=O)(=O)c1ccc2ccccc2c1. The van der Waals surface area contributed by atoms with Crippen LogP contribution in [0.25, 0.3) is 10.8 Å². The number of carbonyl (C=O) groups is 1. The van der Waals surface area contributed by atoms with Gasteiger partial charge in [-0.2, -0.15) is 17.5 Å². The number of nitrogens with zero attached hydrogens (tertiary/aromatic N) is 1. The number of fused-ring (bicyclic) bond motifs is 1. The molecule has 4 aromatic rings. The molecular formula is C27H22F3NO5S. The van der Waals surface area contributed by atoms with E-state index in [2.05, 4.69) is 0 Å². The van der Waals surface area contributed by atoms with Crippen LogP contribution in [0.4, 0.5) is 13.2 Å². The van der Waals surface area contributed by atoms with Crippen molar-refractivity contribution in [2.45, 2.75) is 23.7 Å². The maximum Gasteiger partial charge on any atom is 0.416 e. The fourth-order valence-electron chi connectivity index (χ4n) is 3.80. The summed E-state index contributed by atoms with van der Waals surface area (Å²) in [4.78, 5) is 11.9. The second-order valence-electron chi connectivity index (χ2n) is 8.37. The van der Waals surface area contributed by atoms with Gasteiger partial charge in [0, 0.05) is 19.2 Å². The lowest BCUT2D eigenvalue weighted by molar-refractivity contribution is -0.146. The van der Waals surface area contributed by atoms with Gasteiger partial charge in [-0.25, -0.2) is 13.2 Å². The molecule has 0 spiro atoms. The van der Waals surface area contributed by atoms with Gasteiger partial charge in [0.25, 0.3) is 0 Å². The van der Waals surface area contributed by atoms with Crippen LogP contribution in [0.5, 0.6) is 5.75 Å². The zero-order valence-corrected chi connectivity index (χ0v) is 20.3. The van der Waals surface area contributed by atoms with Crippen LogP contribution >= 0.6 is 0 Å². The van der Waals surface area contributed by atoms with Crippen molar-refractivity contribution in [3.63, 3.8) is 0 Å². The van der Waals surface area contributed by atoms with E-state index in [9.17, 15) is 31.5 Å². The number of hydrogen-bond acceptors (Lipinski definition) is 4. The van der Waals surface area contributed by atoms with E-state index in [1.807, 2.05) is 24.3 Å². The molecule has 1 N–H and O–H groups in total. The Morgan fingerprint density at radius 3 is 2.24 bits per heavy atom. The minimum absolute atomic E-state index is 0.0332. The summed E-state index contributed by atoms with van der Waals surface area (Å²) in [6.45, 7) is 0.0332. The zero-order chi connectivity index (χ0) is 26.8. The summed E-state index contributed by atoms with van der Waals surface area (Å²) in [7, 11) is -2.34. The van der Waals surface area contributed by atoms with Crippen LogP contribution in [0.2, 0.25) is 0 Å². The van der Waals surface area contributed by atoms with Crippen molar-refractivity contribution in [1.82, 2.24) is 4.31 Å². The molecule has 37 heavy (non-hydrogen) atoms. The summed E-state index contributed by atoms with van der Waals surface area (Å²) in [6.07, 6.45) is -6.29. The smallest absolute Gasteiger partial charge is 0.416 e. The molecule has 10 heteroatoms. The first-order chi connectivity index (χ1) is 17.4. The summed E-state index contributed by atoms with van der Waals surface area (Å²) >= 11 is 0. The highest BCUT2D eigenvalue weighted by atomic mass is 32.2. The summed E-state index contributed by atoms with van der Waals surface area (Å²) in [6, 6.07) is 22.3. The van der Waals surface area contributed by atoms with E-state index >= 15 is 0 Å². The second-order valence-corrected chi connectivity index (χ2v) is 10.4. The normalized spacial score (nSPS) is 13.0. The summed E-state index contributed by atoms with van der Waals surface area (Å²) in [5, 5.41) is 11.3. The van der Waals surface area contributed by atoms with Crippen molar-refractivity contribution >= 4 is 26.8 Å². The maximum atomic E-state index is 13.1. The first-order valence-corrected chi connectivity index (χ1v) is 12.5. The Morgan fingerprint density at radius 2 is 1.59 bits per heavy atom. The molecule has 0 fully saturated rings. The molecule has 192 valence electrons. The third-order valence-electron chi connectivity index (χ3n) is 5.75. The van der Waals surface area contributed by atoms with E-state index in [4.69, 9.17) is 4.74 Å². The molecule has 0 aliphatic rings. The van der Waals surface area contributed by atoms with E-state index < -0.39 is 33.8 Å². The van der Waals surface area contributed by atoms with Crippen LogP contribution in [0.15, 0.2) is 95.9 Å². The molecule has 1 atom stereocenters. The van der Waals surface area contributed by atoms with Gasteiger partial charge in [0.1, 0.15) is 5.75 Å². The average molecular weight is 530 g/mol. The summed E-state index contributed by atoms with van der Waals surface area (Å²) in [5.74, 6) is -1.35. The Bertz CT molecular complexity index is 1540. The molecule has 0 aliphatic carbocycles. The Morgan fingerprint density at radius 1 is 0.919 bits per heavy atom. The van der Waals surface area contributed by atoms with E-state index in [-0.39, 0.29) is 22.8 Å². The standard InChI is InChI=1S/C27H22F3NO5S/c1-31(37(34,35)24-14-11-19-5-2-3-6-20(19)16-24)17-18-9-12-23(13-10-18)36-25(26(32)33)21-7-4-8-22(15-21)27(28,29)30/h2-16,25H,17H2,1H3,(H,32,33).